The largest absolute Gasteiger partial charge is 0.394 e. The molecule has 0 radical (unpaired) electrons. The Morgan fingerprint density at radius 1 is 1.24 bits per heavy atom. The fourth-order valence-corrected chi connectivity index (χ4v) is 2.76. The van der Waals surface area contributed by atoms with Gasteiger partial charge in [0, 0.05) is 4.47 Å². The minimum atomic E-state index is -0.348. The van der Waals surface area contributed by atoms with Crippen LogP contribution in [0.25, 0.3) is 0 Å². The zero-order valence-electron chi connectivity index (χ0n) is 11.2. The minimum Gasteiger partial charge on any atom is -0.394 e. The van der Waals surface area contributed by atoms with Crippen molar-refractivity contribution in [1.82, 2.24) is 5.32 Å². The number of rotatable bonds is 5. The first-order chi connectivity index (χ1) is 10.1. The summed E-state index contributed by atoms with van der Waals surface area (Å²) < 4.78 is 0.812. The Hall–Kier alpha value is -1.36. The van der Waals surface area contributed by atoms with E-state index >= 15 is 0 Å². The lowest BCUT2D eigenvalue weighted by Crippen LogP contribution is -2.39. The number of carbonyl (C=O) groups is 1. The highest BCUT2D eigenvalue weighted by molar-refractivity contribution is 9.10. The molecule has 5 heteroatoms. The van der Waals surface area contributed by atoms with E-state index in [1.807, 2.05) is 30.3 Å². The molecule has 2 aromatic carbocycles. The lowest BCUT2D eigenvalue weighted by molar-refractivity contribution is 0.0916. The molecule has 21 heavy (non-hydrogen) atoms. The average molecular weight is 369 g/mol. The van der Waals surface area contributed by atoms with E-state index < -0.39 is 0 Å². The number of nitrogens with one attached hydrogen (secondary N) is 1. The highest BCUT2D eigenvalue weighted by atomic mass is 79.9. The van der Waals surface area contributed by atoms with Crippen molar-refractivity contribution in [2.24, 2.45) is 0 Å². The monoisotopic (exact) mass is 367 g/mol. The summed E-state index contributed by atoms with van der Waals surface area (Å²) in [5, 5.41) is 12.6. The fourth-order valence-electron chi connectivity index (χ4n) is 2.00. The molecule has 0 aliphatic carbocycles. The first-order valence-corrected chi connectivity index (χ1v) is 7.68. The van der Waals surface area contributed by atoms with Crippen LogP contribution < -0.4 is 5.32 Å². The summed E-state index contributed by atoms with van der Waals surface area (Å²) >= 11 is 9.36. The molecule has 0 aliphatic heterocycles. The predicted octanol–water partition coefficient (Wildman–Crippen LogP) is 3.44. The van der Waals surface area contributed by atoms with Crippen LogP contribution in [-0.4, -0.2) is 23.7 Å². The Morgan fingerprint density at radius 3 is 2.57 bits per heavy atom. The second-order valence-electron chi connectivity index (χ2n) is 4.67. The molecule has 2 N–H and O–H groups in total. The van der Waals surface area contributed by atoms with Gasteiger partial charge in [0.15, 0.2) is 0 Å². The molecule has 1 unspecified atom stereocenters. The molecule has 0 saturated heterocycles. The van der Waals surface area contributed by atoms with E-state index in [1.54, 1.807) is 18.2 Å². The van der Waals surface area contributed by atoms with Gasteiger partial charge in [0.25, 0.3) is 5.91 Å². The van der Waals surface area contributed by atoms with Gasteiger partial charge in [-0.25, -0.2) is 0 Å². The molecule has 0 heterocycles. The summed E-state index contributed by atoms with van der Waals surface area (Å²) in [5.74, 6) is -0.289. The van der Waals surface area contributed by atoms with Gasteiger partial charge in [-0.3, -0.25) is 4.79 Å². The number of aliphatic hydroxyl groups is 1. The Labute approximate surface area is 137 Å². The number of aliphatic hydroxyl groups excluding tert-OH is 1. The van der Waals surface area contributed by atoms with Gasteiger partial charge in [0.05, 0.1) is 23.2 Å². The third-order valence-corrected chi connectivity index (χ3v) is 3.86. The van der Waals surface area contributed by atoms with Crippen LogP contribution in [0.15, 0.2) is 53.0 Å². The Kier molecular flexibility index (Phi) is 5.79. The maximum atomic E-state index is 12.2. The van der Waals surface area contributed by atoms with Crippen molar-refractivity contribution in [3.05, 3.63) is 69.2 Å². The second kappa shape index (κ2) is 7.59. The van der Waals surface area contributed by atoms with Crippen molar-refractivity contribution in [3.8, 4) is 0 Å². The zero-order valence-corrected chi connectivity index (χ0v) is 13.6. The molecule has 0 aliphatic rings. The number of benzene rings is 2. The van der Waals surface area contributed by atoms with Gasteiger partial charge in [0.1, 0.15) is 0 Å². The lowest BCUT2D eigenvalue weighted by Gasteiger charge is -2.17. The normalized spacial score (nSPS) is 12.0. The summed E-state index contributed by atoms with van der Waals surface area (Å²) in [6.07, 6.45) is 0.567. The van der Waals surface area contributed by atoms with E-state index in [4.69, 9.17) is 11.6 Å². The van der Waals surface area contributed by atoms with E-state index in [0.717, 1.165) is 10.0 Å². The van der Waals surface area contributed by atoms with Crippen molar-refractivity contribution in [2.75, 3.05) is 6.61 Å². The van der Waals surface area contributed by atoms with Crippen LogP contribution in [0.3, 0.4) is 0 Å². The van der Waals surface area contributed by atoms with Crippen molar-refractivity contribution in [3.63, 3.8) is 0 Å². The summed E-state index contributed by atoms with van der Waals surface area (Å²) in [6.45, 7) is -0.130. The predicted molar refractivity (Wildman–Crippen MR) is 87.6 cm³/mol. The minimum absolute atomic E-state index is 0.130. The third-order valence-electron chi connectivity index (χ3n) is 3.06. The number of amides is 1. The summed E-state index contributed by atoms with van der Waals surface area (Å²) in [5.41, 5.74) is 1.45. The average Bonchev–Trinajstić information content (AvgIpc) is 2.47. The molecule has 0 saturated carbocycles. The first-order valence-electron chi connectivity index (χ1n) is 6.51. The van der Waals surface area contributed by atoms with E-state index in [0.29, 0.717) is 17.0 Å². The molecule has 0 bridgehead atoms. The maximum Gasteiger partial charge on any atom is 0.253 e. The molecule has 2 aromatic rings. The maximum absolute atomic E-state index is 12.2. The zero-order chi connectivity index (χ0) is 15.2. The number of halogens is 2. The van der Waals surface area contributed by atoms with Crippen LogP contribution in [-0.2, 0) is 6.42 Å². The molecule has 1 amide bonds. The van der Waals surface area contributed by atoms with Gasteiger partial charge in [-0.2, -0.15) is 0 Å². The van der Waals surface area contributed by atoms with Gasteiger partial charge in [-0.05, 0) is 30.2 Å². The number of hydrogen-bond donors (Lipinski definition) is 2. The summed E-state index contributed by atoms with van der Waals surface area (Å²) in [7, 11) is 0. The third kappa shape index (κ3) is 4.56. The molecule has 1 atom stereocenters. The Balaban J connectivity index is 2.06. The quantitative estimate of drug-likeness (QED) is 0.849. The van der Waals surface area contributed by atoms with Crippen molar-refractivity contribution < 1.29 is 9.90 Å². The standard InChI is InChI=1S/C16H15BrClNO2/c17-12-6-7-14(15(18)9-12)16(21)19-13(10-20)8-11-4-2-1-3-5-11/h1-7,9,13,20H,8,10H2,(H,19,21). The number of carbonyl (C=O) groups excluding carboxylic acids is 1. The van der Waals surface area contributed by atoms with E-state index in [1.165, 1.54) is 0 Å². The fraction of sp³-hybridized carbons (Fsp3) is 0.188. The van der Waals surface area contributed by atoms with Crippen LogP contribution in [0.5, 0.6) is 0 Å². The van der Waals surface area contributed by atoms with Gasteiger partial charge in [0.2, 0.25) is 0 Å². The SMILES string of the molecule is O=C(NC(CO)Cc1ccccc1)c1ccc(Br)cc1Cl. The molecule has 110 valence electrons. The smallest absolute Gasteiger partial charge is 0.253 e. The van der Waals surface area contributed by atoms with Gasteiger partial charge >= 0.3 is 0 Å². The Morgan fingerprint density at radius 2 is 1.95 bits per heavy atom. The molecule has 0 fully saturated rings. The van der Waals surface area contributed by atoms with Crippen LogP contribution >= 0.6 is 27.5 Å². The van der Waals surface area contributed by atoms with E-state index in [-0.39, 0.29) is 18.6 Å². The van der Waals surface area contributed by atoms with Crippen molar-refractivity contribution >= 4 is 33.4 Å². The van der Waals surface area contributed by atoms with Crippen LogP contribution in [0.2, 0.25) is 5.02 Å². The first kappa shape index (κ1) is 16.0. The summed E-state index contributed by atoms with van der Waals surface area (Å²) in [6, 6.07) is 14.4. The Bertz CT molecular complexity index is 619. The molecular weight excluding hydrogens is 354 g/mol. The topological polar surface area (TPSA) is 49.3 Å². The van der Waals surface area contributed by atoms with Crippen molar-refractivity contribution in [2.45, 2.75) is 12.5 Å². The molecule has 0 aromatic heterocycles. The summed E-state index contributed by atoms with van der Waals surface area (Å²) in [4.78, 5) is 12.2. The molecule has 0 spiro atoms. The van der Waals surface area contributed by atoms with Crippen LogP contribution in [0.1, 0.15) is 15.9 Å². The number of hydrogen-bond acceptors (Lipinski definition) is 2. The lowest BCUT2D eigenvalue weighted by atomic mass is 10.1. The second-order valence-corrected chi connectivity index (χ2v) is 5.99. The van der Waals surface area contributed by atoms with Gasteiger partial charge in [-0.15, -0.1) is 0 Å². The van der Waals surface area contributed by atoms with Crippen molar-refractivity contribution in [1.29, 1.82) is 0 Å². The van der Waals surface area contributed by atoms with Gasteiger partial charge in [-0.1, -0.05) is 57.9 Å². The molecule has 2 rings (SSSR count). The van der Waals surface area contributed by atoms with Crippen LogP contribution in [0.4, 0.5) is 0 Å². The highest BCUT2D eigenvalue weighted by Crippen LogP contribution is 2.21. The van der Waals surface area contributed by atoms with E-state index in [2.05, 4.69) is 21.2 Å². The highest BCUT2D eigenvalue weighted by Gasteiger charge is 2.16. The molecule has 3 nitrogen and oxygen atoms in total. The van der Waals surface area contributed by atoms with Gasteiger partial charge < -0.3 is 10.4 Å². The van der Waals surface area contributed by atoms with Crippen LogP contribution in [0, 0.1) is 0 Å². The van der Waals surface area contributed by atoms with E-state index in [9.17, 15) is 9.90 Å². The molecular formula is C16H15BrClNO2.